The largest absolute Gasteiger partial charge is 0.507 e. The molecular formula is C21H22N2O3. The van der Waals surface area contributed by atoms with Crippen LogP contribution >= 0.6 is 0 Å². The average Bonchev–Trinajstić information content (AvgIpc) is 2.93. The van der Waals surface area contributed by atoms with Crippen molar-refractivity contribution in [3.63, 3.8) is 0 Å². The average molecular weight is 350 g/mol. The third-order valence-corrected chi connectivity index (χ3v) is 4.64. The van der Waals surface area contributed by atoms with Gasteiger partial charge in [0.1, 0.15) is 5.76 Å². The zero-order chi connectivity index (χ0) is 18.7. The van der Waals surface area contributed by atoms with E-state index >= 15 is 0 Å². The number of benzene rings is 1. The van der Waals surface area contributed by atoms with E-state index < -0.39 is 17.7 Å². The summed E-state index contributed by atoms with van der Waals surface area (Å²) in [6.45, 7) is 4.44. The van der Waals surface area contributed by atoms with E-state index in [4.69, 9.17) is 0 Å². The SMILES string of the molecule is CCCN1C(=O)C(=O)/C(=C(\O)c2ccc(CC)cc2)C1c1cccnc1. The van der Waals surface area contributed by atoms with Gasteiger partial charge < -0.3 is 10.0 Å². The van der Waals surface area contributed by atoms with Gasteiger partial charge in [0, 0.05) is 24.5 Å². The second-order valence-corrected chi connectivity index (χ2v) is 6.33. The number of aryl methyl sites for hydroxylation is 1. The van der Waals surface area contributed by atoms with Crippen LogP contribution in [0.15, 0.2) is 54.4 Å². The van der Waals surface area contributed by atoms with Crippen LogP contribution < -0.4 is 0 Å². The summed E-state index contributed by atoms with van der Waals surface area (Å²) in [5.41, 5.74) is 2.51. The van der Waals surface area contributed by atoms with Crippen molar-refractivity contribution >= 4 is 17.4 Å². The normalized spacial score (nSPS) is 19.2. The Bertz CT molecular complexity index is 841. The Hall–Kier alpha value is -2.95. The smallest absolute Gasteiger partial charge is 0.295 e. The number of carbonyl (C=O) groups excluding carboxylic acids is 2. The number of aliphatic hydroxyl groups excluding tert-OH is 1. The highest BCUT2D eigenvalue weighted by molar-refractivity contribution is 6.46. The van der Waals surface area contributed by atoms with Crippen molar-refractivity contribution in [2.45, 2.75) is 32.7 Å². The van der Waals surface area contributed by atoms with Crippen LogP contribution in [0.1, 0.15) is 43.0 Å². The minimum Gasteiger partial charge on any atom is -0.507 e. The Labute approximate surface area is 153 Å². The van der Waals surface area contributed by atoms with Gasteiger partial charge in [-0.1, -0.05) is 44.2 Å². The van der Waals surface area contributed by atoms with E-state index in [1.165, 1.54) is 4.90 Å². The van der Waals surface area contributed by atoms with Crippen LogP contribution in [0.5, 0.6) is 0 Å². The first-order chi connectivity index (χ1) is 12.6. The van der Waals surface area contributed by atoms with Crippen molar-refractivity contribution in [2.75, 3.05) is 6.54 Å². The highest BCUT2D eigenvalue weighted by Crippen LogP contribution is 2.39. The third-order valence-electron chi connectivity index (χ3n) is 4.64. The quantitative estimate of drug-likeness (QED) is 0.509. The molecule has 1 saturated heterocycles. The molecule has 1 fully saturated rings. The molecule has 26 heavy (non-hydrogen) atoms. The Morgan fingerprint density at radius 1 is 1.15 bits per heavy atom. The van der Waals surface area contributed by atoms with Crippen molar-refractivity contribution in [1.82, 2.24) is 9.88 Å². The van der Waals surface area contributed by atoms with Gasteiger partial charge in [0.15, 0.2) is 0 Å². The number of rotatable bonds is 5. The molecule has 3 rings (SSSR count). The Balaban J connectivity index is 2.14. The monoisotopic (exact) mass is 350 g/mol. The maximum atomic E-state index is 12.7. The number of nitrogens with zero attached hydrogens (tertiary/aromatic N) is 2. The maximum absolute atomic E-state index is 12.7. The number of ketones is 1. The topological polar surface area (TPSA) is 70.5 Å². The van der Waals surface area contributed by atoms with Crippen LogP contribution in [-0.2, 0) is 16.0 Å². The number of aromatic nitrogens is 1. The number of carbonyl (C=O) groups is 2. The molecule has 5 heteroatoms. The molecule has 1 unspecified atom stereocenters. The highest BCUT2D eigenvalue weighted by atomic mass is 16.3. The van der Waals surface area contributed by atoms with Crippen molar-refractivity contribution in [3.8, 4) is 0 Å². The first-order valence-electron chi connectivity index (χ1n) is 8.86. The molecule has 0 spiro atoms. The van der Waals surface area contributed by atoms with Crippen molar-refractivity contribution < 1.29 is 14.7 Å². The van der Waals surface area contributed by atoms with E-state index in [1.54, 1.807) is 30.6 Å². The third kappa shape index (κ3) is 3.12. The minimum atomic E-state index is -0.649. The lowest BCUT2D eigenvalue weighted by Crippen LogP contribution is -2.30. The number of amides is 1. The molecule has 1 aromatic carbocycles. The van der Waals surface area contributed by atoms with Crippen LogP contribution in [0.4, 0.5) is 0 Å². The highest BCUT2D eigenvalue weighted by Gasteiger charge is 2.45. The Morgan fingerprint density at radius 3 is 2.46 bits per heavy atom. The fourth-order valence-corrected chi connectivity index (χ4v) is 3.29. The van der Waals surface area contributed by atoms with Crippen molar-refractivity contribution in [2.24, 2.45) is 0 Å². The molecule has 0 radical (unpaired) electrons. The second-order valence-electron chi connectivity index (χ2n) is 6.33. The van der Waals surface area contributed by atoms with Crippen molar-refractivity contribution in [3.05, 3.63) is 71.1 Å². The fraction of sp³-hybridized carbons (Fsp3) is 0.286. The summed E-state index contributed by atoms with van der Waals surface area (Å²) >= 11 is 0. The molecule has 5 nitrogen and oxygen atoms in total. The lowest BCUT2D eigenvalue weighted by atomic mass is 9.96. The number of hydrogen-bond donors (Lipinski definition) is 1. The standard InChI is InChI=1S/C21H22N2O3/c1-3-12-23-18(16-6-5-11-22-13-16)17(20(25)21(23)26)19(24)15-9-7-14(4-2)8-10-15/h5-11,13,18,24H,3-4,12H2,1-2H3/b19-17-. The van der Waals surface area contributed by atoms with Crippen molar-refractivity contribution in [1.29, 1.82) is 0 Å². The van der Waals surface area contributed by atoms with E-state index in [2.05, 4.69) is 4.98 Å². The summed E-state index contributed by atoms with van der Waals surface area (Å²) in [7, 11) is 0. The van der Waals surface area contributed by atoms with E-state index in [9.17, 15) is 14.7 Å². The lowest BCUT2D eigenvalue weighted by molar-refractivity contribution is -0.139. The Kier molecular flexibility index (Phi) is 5.16. The van der Waals surface area contributed by atoms with Gasteiger partial charge in [0.25, 0.3) is 11.7 Å². The summed E-state index contributed by atoms with van der Waals surface area (Å²) in [6, 6.07) is 10.3. The van der Waals surface area contributed by atoms with Crippen LogP contribution in [-0.4, -0.2) is 33.2 Å². The van der Waals surface area contributed by atoms with Gasteiger partial charge >= 0.3 is 0 Å². The van der Waals surface area contributed by atoms with Gasteiger partial charge in [-0.25, -0.2) is 0 Å². The van der Waals surface area contributed by atoms with Gasteiger partial charge in [-0.05, 0) is 30.0 Å². The number of likely N-dealkylation sites (tertiary alicyclic amines) is 1. The van der Waals surface area contributed by atoms with Crippen LogP contribution in [0.2, 0.25) is 0 Å². The summed E-state index contributed by atoms with van der Waals surface area (Å²) in [5, 5.41) is 10.8. The molecule has 0 bridgehead atoms. The molecule has 0 aliphatic carbocycles. The molecule has 2 aromatic rings. The number of Topliss-reactive ketones (excluding diaryl/α,β-unsaturated/α-hetero) is 1. The molecule has 134 valence electrons. The first kappa shape index (κ1) is 17.9. The van der Waals surface area contributed by atoms with Gasteiger partial charge in [-0.15, -0.1) is 0 Å². The fourth-order valence-electron chi connectivity index (χ4n) is 3.29. The molecule has 0 saturated carbocycles. The number of pyridine rings is 1. The predicted molar refractivity (Wildman–Crippen MR) is 99.4 cm³/mol. The van der Waals surface area contributed by atoms with Gasteiger partial charge in [0.05, 0.1) is 11.6 Å². The summed E-state index contributed by atoms with van der Waals surface area (Å²) in [4.78, 5) is 30.8. The minimum absolute atomic E-state index is 0.126. The van der Waals surface area contributed by atoms with Crippen LogP contribution in [0, 0.1) is 0 Å². The van der Waals surface area contributed by atoms with E-state index in [1.807, 2.05) is 32.0 Å². The first-order valence-corrected chi connectivity index (χ1v) is 8.86. The van der Waals surface area contributed by atoms with Crippen LogP contribution in [0.25, 0.3) is 5.76 Å². The molecule has 1 amide bonds. The molecule has 1 atom stereocenters. The molecule has 1 aromatic heterocycles. The van der Waals surface area contributed by atoms with Crippen LogP contribution in [0.3, 0.4) is 0 Å². The van der Waals surface area contributed by atoms with Gasteiger partial charge in [-0.3, -0.25) is 14.6 Å². The second kappa shape index (κ2) is 7.52. The van der Waals surface area contributed by atoms with E-state index in [0.29, 0.717) is 17.7 Å². The molecule has 1 aliphatic rings. The Morgan fingerprint density at radius 2 is 1.88 bits per heavy atom. The summed E-state index contributed by atoms with van der Waals surface area (Å²) in [6.07, 6.45) is 4.87. The van der Waals surface area contributed by atoms with Gasteiger partial charge in [0.2, 0.25) is 0 Å². The zero-order valence-corrected chi connectivity index (χ0v) is 15.0. The lowest BCUT2D eigenvalue weighted by Gasteiger charge is -2.24. The summed E-state index contributed by atoms with van der Waals surface area (Å²) in [5.74, 6) is -1.37. The zero-order valence-electron chi connectivity index (χ0n) is 15.0. The predicted octanol–water partition coefficient (Wildman–Crippen LogP) is 3.48. The van der Waals surface area contributed by atoms with Gasteiger partial charge in [-0.2, -0.15) is 0 Å². The maximum Gasteiger partial charge on any atom is 0.295 e. The molecule has 1 aliphatic heterocycles. The number of aliphatic hydroxyl groups is 1. The van der Waals surface area contributed by atoms with E-state index in [-0.39, 0.29) is 11.3 Å². The molecule has 2 heterocycles. The molecular weight excluding hydrogens is 328 g/mol. The van der Waals surface area contributed by atoms with E-state index in [0.717, 1.165) is 18.4 Å². The number of hydrogen-bond acceptors (Lipinski definition) is 4. The summed E-state index contributed by atoms with van der Waals surface area (Å²) < 4.78 is 0. The molecule has 1 N–H and O–H groups in total.